The third-order valence-corrected chi connectivity index (χ3v) is 4.67. The van der Waals surface area contributed by atoms with Gasteiger partial charge in [0.05, 0.1) is 5.69 Å². The average molecular weight is 273 g/mol. The van der Waals surface area contributed by atoms with Crippen molar-refractivity contribution >= 4 is 21.9 Å². The second kappa shape index (κ2) is 3.79. The van der Waals surface area contributed by atoms with Gasteiger partial charge in [-0.2, -0.15) is 0 Å². The Labute approximate surface area is 122 Å². The standard InChI is InChI=1S/C19H15NO/c1-11-10-14-12-6-3-5-9-16(12)21-19(14)18-17(11)13-7-2-4-8-15(13)20-18/h2-9,11,20H,10H2,1H3. The lowest BCUT2D eigenvalue weighted by atomic mass is 9.84. The number of benzene rings is 2. The highest BCUT2D eigenvalue weighted by Gasteiger charge is 2.30. The van der Waals surface area contributed by atoms with Gasteiger partial charge in [0, 0.05) is 21.9 Å². The van der Waals surface area contributed by atoms with E-state index in [4.69, 9.17) is 4.42 Å². The Bertz CT molecular complexity index is 989. The van der Waals surface area contributed by atoms with Crippen LogP contribution in [-0.2, 0) is 6.42 Å². The predicted octanol–water partition coefficient (Wildman–Crippen LogP) is 5.24. The lowest BCUT2D eigenvalue weighted by Gasteiger charge is -2.18. The highest BCUT2D eigenvalue weighted by Crippen LogP contribution is 2.46. The number of furan rings is 1. The zero-order chi connectivity index (χ0) is 14.0. The summed E-state index contributed by atoms with van der Waals surface area (Å²) < 4.78 is 6.16. The molecule has 4 aromatic rings. The molecule has 2 heterocycles. The number of para-hydroxylation sites is 2. The second-order valence-electron chi connectivity index (χ2n) is 5.97. The molecule has 0 spiro atoms. The molecule has 2 heteroatoms. The van der Waals surface area contributed by atoms with E-state index in [1.54, 1.807) is 0 Å². The second-order valence-corrected chi connectivity index (χ2v) is 5.97. The molecule has 0 radical (unpaired) electrons. The highest BCUT2D eigenvalue weighted by atomic mass is 16.3. The number of nitrogens with one attached hydrogen (secondary N) is 1. The molecule has 2 nitrogen and oxygen atoms in total. The van der Waals surface area contributed by atoms with E-state index in [0.717, 1.165) is 17.8 Å². The van der Waals surface area contributed by atoms with Crippen molar-refractivity contribution in [2.24, 2.45) is 0 Å². The van der Waals surface area contributed by atoms with Gasteiger partial charge >= 0.3 is 0 Å². The summed E-state index contributed by atoms with van der Waals surface area (Å²) in [6.07, 6.45) is 1.04. The fourth-order valence-electron chi connectivity index (χ4n) is 3.77. The van der Waals surface area contributed by atoms with Gasteiger partial charge in [0.15, 0.2) is 5.76 Å². The van der Waals surface area contributed by atoms with Gasteiger partial charge in [-0.3, -0.25) is 0 Å². The Kier molecular flexibility index (Phi) is 2.02. The molecule has 0 saturated heterocycles. The molecule has 21 heavy (non-hydrogen) atoms. The summed E-state index contributed by atoms with van der Waals surface area (Å²) in [5.41, 5.74) is 6.10. The SMILES string of the molecule is CC1Cc2c(oc3ccccc23)-c2[nH]c3ccccc3c21. The maximum Gasteiger partial charge on any atom is 0.155 e. The molecule has 1 unspecified atom stereocenters. The van der Waals surface area contributed by atoms with Gasteiger partial charge in [-0.1, -0.05) is 43.3 Å². The molecule has 0 aliphatic heterocycles. The van der Waals surface area contributed by atoms with Gasteiger partial charge in [0.2, 0.25) is 0 Å². The molecule has 1 aliphatic carbocycles. The lowest BCUT2D eigenvalue weighted by molar-refractivity contribution is 0.610. The summed E-state index contributed by atoms with van der Waals surface area (Å²) in [6, 6.07) is 16.9. The van der Waals surface area contributed by atoms with Crippen LogP contribution >= 0.6 is 0 Å². The van der Waals surface area contributed by atoms with E-state index in [2.05, 4.69) is 54.4 Å². The molecular formula is C19H15NO. The molecule has 5 rings (SSSR count). The van der Waals surface area contributed by atoms with Crippen LogP contribution in [-0.4, -0.2) is 4.98 Å². The summed E-state index contributed by atoms with van der Waals surface area (Å²) in [5, 5.41) is 2.58. The summed E-state index contributed by atoms with van der Waals surface area (Å²) in [6.45, 7) is 2.31. The normalized spacial score (nSPS) is 17.1. The Morgan fingerprint density at radius 1 is 1.00 bits per heavy atom. The van der Waals surface area contributed by atoms with Gasteiger partial charge in [0.25, 0.3) is 0 Å². The Morgan fingerprint density at radius 2 is 1.76 bits per heavy atom. The van der Waals surface area contributed by atoms with Gasteiger partial charge in [0.1, 0.15) is 5.58 Å². The van der Waals surface area contributed by atoms with Gasteiger partial charge < -0.3 is 9.40 Å². The Balaban J connectivity index is 1.93. The van der Waals surface area contributed by atoms with Gasteiger partial charge in [-0.15, -0.1) is 0 Å². The van der Waals surface area contributed by atoms with E-state index in [1.165, 1.54) is 33.1 Å². The molecular weight excluding hydrogens is 258 g/mol. The highest BCUT2D eigenvalue weighted by molar-refractivity contribution is 5.96. The monoisotopic (exact) mass is 273 g/mol. The van der Waals surface area contributed by atoms with Gasteiger partial charge in [-0.25, -0.2) is 0 Å². The topological polar surface area (TPSA) is 28.9 Å². The van der Waals surface area contributed by atoms with E-state index in [0.29, 0.717) is 5.92 Å². The molecule has 2 aromatic heterocycles. The number of aromatic nitrogens is 1. The number of aromatic amines is 1. The van der Waals surface area contributed by atoms with Crippen molar-refractivity contribution in [3.8, 4) is 11.5 Å². The first-order chi connectivity index (χ1) is 10.3. The van der Waals surface area contributed by atoms with E-state index in [-0.39, 0.29) is 0 Å². The molecule has 1 atom stereocenters. The minimum absolute atomic E-state index is 0.504. The largest absolute Gasteiger partial charge is 0.454 e. The summed E-state index contributed by atoms with van der Waals surface area (Å²) in [5.74, 6) is 1.53. The van der Waals surface area contributed by atoms with Crippen molar-refractivity contribution in [1.29, 1.82) is 0 Å². The zero-order valence-electron chi connectivity index (χ0n) is 11.8. The molecule has 2 aromatic carbocycles. The van der Waals surface area contributed by atoms with Crippen LogP contribution in [0.2, 0.25) is 0 Å². The van der Waals surface area contributed by atoms with Crippen molar-refractivity contribution in [1.82, 2.24) is 4.98 Å². The first-order valence-electron chi connectivity index (χ1n) is 7.44. The van der Waals surface area contributed by atoms with Crippen molar-refractivity contribution in [3.63, 3.8) is 0 Å². The average Bonchev–Trinajstić information content (AvgIpc) is 3.06. The van der Waals surface area contributed by atoms with Crippen LogP contribution in [0.15, 0.2) is 52.9 Å². The first-order valence-corrected chi connectivity index (χ1v) is 7.44. The zero-order valence-corrected chi connectivity index (χ0v) is 11.8. The third-order valence-electron chi connectivity index (χ3n) is 4.67. The Hall–Kier alpha value is -2.48. The fourth-order valence-corrected chi connectivity index (χ4v) is 3.77. The smallest absolute Gasteiger partial charge is 0.155 e. The van der Waals surface area contributed by atoms with Crippen molar-refractivity contribution in [2.75, 3.05) is 0 Å². The molecule has 0 amide bonds. The molecule has 0 saturated carbocycles. The number of hydrogen-bond acceptors (Lipinski definition) is 1. The van der Waals surface area contributed by atoms with E-state index in [1.807, 2.05) is 6.07 Å². The predicted molar refractivity (Wildman–Crippen MR) is 85.6 cm³/mol. The van der Waals surface area contributed by atoms with Crippen LogP contribution < -0.4 is 0 Å². The van der Waals surface area contributed by atoms with Crippen molar-refractivity contribution < 1.29 is 4.42 Å². The number of hydrogen-bond donors (Lipinski definition) is 1. The van der Waals surface area contributed by atoms with Crippen molar-refractivity contribution in [2.45, 2.75) is 19.3 Å². The van der Waals surface area contributed by atoms with E-state index >= 15 is 0 Å². The Morgan fingerprint density at radius 3 is 2.67 bits per heavy atom. The van der Waals surface area contributed by atoms with Gasteiger partial charge in [-0.05, 0) is 30.0 Å². The van der Waals surface area contributed by atoms with E-state index in [9.17, 15) is 0 Å². The van der Waals surface area contributed by atoms with E-state index < -0.39 is 0 Å². The summed E-state index contributed by atoms with van der Waals surface area (Å²) in [7, 11) is 0. The van der Waals surface area contributed by atoms with Crippen LogP contribution in [0.3, 0.4) is 0 Å². The maximum absolute atomic E-state index is 6.16. The summed E-state index contributed by atoms with van der Waals surface area (Å²) >= 11 is 0. The third kappa shape index (κ3) is 1.37. The van der Waals surface area contributed by atoms with Crippen LogP contribution in [0.1, 0.15) is 24.0 Å². The van der Waals surface area contributed by atoms with Crippen LogP contribution in [0.25, 0.3) is 33.3 Å². The molecule has 0 bridgehead atoms. The van der Waals surface area contributed by atoms with Crippen molar-refractivity contribution in [3.05, 3.63) is 59.7 Å². The number of H-pyrrole nitrogens is 1. The van der Waals surface area contributed by atoms with Crippen LogP contribution in [0.4, 0.5) is 0 Å². The fraction of sp³-hybridized carbons (Fsp3) is 0.158. The number of rotatable bonds is 0. The molecule has 0 fully saturated rings. The van der Waals surface area contributed by atoms with Crippen LogP contribution in [0.5, 0.6) is 0 Å². The number of fused-ring (bicyclic) bond motifs is 7. The molecule has 102 valence electrons. The van der Waals surface area contributed by atoms with Crippen LogP contribution in [0, 0.1) is 0 Å². The minimum Gasteiger partial charge on any atom is -0.454 e. The quantitative estimate of drug-likeness (QED) is 0.466. The molecule has 1 N–H and O–H groups in total. The minimum atomic E-state index is 0.504. The molecule has 1 aliphatic rings. The lowest BCUT2D eigenvalue weighted by Crippen LogP contribution is -2.05. The summed E-state index contributed by atoms with van der Waals surface area (Å²) in [4.78, 5) is 3.57. The maximum atomic E-state index is 6.16. The first kappa shape index (κ1) is 11.2.